The summed E-state index contributed by atoms with van der Waals surface area (Å²) in [5.41, 5.74) is -0.689. The summed E-state index contributed by atoms with van der Waals surface area (Å²) in [5, 5.41) is 3.57. The Hall–Kier alpha value is -1.50. The summed E-state index contributed by atoms with van der Waals surface area (Å²) in [4.78, 5) is 16.6. The normalized spacial score (nSPS) is 27.1. The second-order valence-electron chi connectivity index (χ2n) is 9.90. The zero-order valence-electron chi connectivity index (χ0n) is 18.7. The van der Waals surface area contributed by atoms with Gasteiger partial charge in [0.25, 0.3) is 5.91 Å². The highest BCUT2D eigenvalue weighted by atomic mass is 32.2. The molecule has 4 atom stereocenters. The van der Waals surface area contributed by atoms with Crippen molar-refractivity contribution in [2.24, 2.45) is 23.7 Å². The molecule has 1 N–H and O–H groups in total. The minimum Gasteiger partial charge on any atom is -0.345 e. The standard InChI is InChI=1S/C25H33F3N2OS/c1-3-21(30-24(31)19-9-11-23(25(26,27)28)29-15(19)2)20-13-18(12-16-4-5-16)8-10-22(20)32-14-17-6-7-17/h3,9,11,16-18,20-22H,1,4-8,10,12-14H2,2H3,(H,30,31). The number of pyridine rings is 1. The molecule has 0 spiro atoms. The Balaban J connectivity index is 1.46. The molecule has 3 nitrogen and oxygen atoms in total. The van der Waals surface area contributed by atoms with Gasteiger partial charge in [-0.3, -0.25) is 4.79 Å². The van der Waals surface area contributed by atoms with Gasteiger partial charge in [0.2, 0.25) is 0 Å². The maximum atomic E-state index is 13.0. The Bertz CT molecular complexity index is 835. The molecule has 1 amide bonds. The van der Waals surface area contributed by atoms with E-state index in [-0.39, 0.29) is 23.2 Å². The number of amides is 1. The van der Waals surface area contributed by atoms with E-state index in [4.69, 9.17) is 0 Å². The van der Waals surface area contributed by atoms with Gasteiger partial charge in [0.1, 0.15) is 5.69 Å². The lowest BCUT2D eigenvalue weighted by Crippen LogP contribution is -2.45. The monoisotopic (exact) mass is 466 g/mol. The van der Waals surface area contributed by atoms with Gasteiger partial charge in [-0.2, -0.15) is 24.9 Å². The molecule has 0 radical (unpaired) electrons. The predicted octanol–water partition coefficient (Wildman–Crippen LogP) is 6.42. The average molecular weight is 467 g/mol. The molecule has 0 bridgehead atoms. The SMILES string of the molecule is C=CC(NC(=O)c1ccc(C(F)(F)F)nc1C)C1CC(CC2CC2)CCC1SCC1CC1. The Labute approximate surface area is 193 Å². The number of halogens is 3. The molecule has 3 aliphatic carbocycles. The smallest absolute Gasteiger partial charge is 0.345 e. The van der Waals surface area contributed by atoms with Crippen LogP contribution in [0.3, 0.4) is 0 Å². The third-order valence-electron chi connectivity index (χ3n) is 7.18. The highest BCUT2D eigenvalue weighted by molar-refractivity contribution is 7.99. The molecule has 32 heavy (non-hydrogen) atoms. The van der Waals surface area contributed by atoms with Gasteiger partial charge in [-0.05, 0) is 87.0 Å². The van der Waals surface area contributed by atoms with Crippen LogP contribution in [0.15, 0.2) is 24.8 Å². The van der Waals surface area contributed by atoms with Crippen LogP contribution in [-0.2, 0) is 6.18 Å². The van der Waals surface area contributed by atoms with Gasteiger partial charge in [-0.25, -0.2) is 4.98 Å². The average Bonchev–Trinajstić information content (AvgIpc) is 3.66. The van der Waals surface area contributed by atoms with Crippen molar-refractivity contribution in [2.45, 2.75) is 75.8 Å². The van der Waals surface area contributed by atoms with Gasteiger partial charge < -0.3 is 5.32 Å². The van der Waals surface area contributed by atoms with E-state index in [1.54, 1.807) is 0 Å². The second-order valence-corrected chi connectivity index (χ2v) is 11.2. The van der Waals surface area contributed by atoms with Crippen molar-refractivity contribution in [3.8, 4) is 0 Å². The van der Waals surface area contributed by atoms with E-state index < -0.39 is 11.9 Å². The summed E-state index contributed by atoms with van der Waals surface area (Å²) in [6, 6.07) is 1.92. The van der Waals surface area contributed by atoms with Crippen LogP contribution in [0.4, 0.5) is 13.2 Å². The number of hydrogen-bond donors (Lipinski definition) is 1. The molecule has 3 fully saturated rings. The van der Waals surface area contributed by atoms with Crippen molar-refractivity contribution in [2.75, 3.05) is 5.75 Å². The second kappa shape index (κ2) is 9.78. The number of alkyl halides is 3. The van der Waals surface area contributed by atoms with Crippen molar-refractivity contribution in [1.29, 1.82) is 0 Å². The summed E-state index contributed by atoms with van der Waals surface area (Å²) >= 11 is 2.05. The first-order chi connectivity index (χ1) is 15.2. The van der Waals surface area contributed by atoms with Crippen molar-refractivity contribution >= 4 is 17.7 Å². The van der Waals surface area contributed by atoms with E-state index in [9.17, 15) is 18.0 Å². The number of aromatic nitrogens is 1. The van der Waals surface area contributed by atoms with Crippen LogP contribution in [0.25, 0.3) is 0 Å². The number of thioether (sulfide) groups is 1. The number of nitrogens with one attached hydrogen (secondary N) is 1. The maximum absolute atomic E-state index is 13.0. The molecule has 176 valence electrons. The van der Waals surface area contributed by atoms with Gasteiger partial charge in [0, 0.05) is 5.25 Å². The number of aryl methyl sites for hydroxylation is 1. The van der Waals surface area contributed by atoms with E-state index in [0.717, 1.165) is 24.3 Å². The zero-order chi connectivity index (χ0) is 22.9. The lowest BCUT2D eigenvalue weighted by atomic mass is 9.75. The third kappa shape index (κ3) is 6.09. The molecular formula is C25H33F3N2OS. The predicted molar refractivity (Wildman–Crippen MR) is 123 cm³/mol. The summed E-state index contributed by atoms with van der Waals surface area (Å²) in [6.07, 6.45) is 7.46. The van der Waals surface area contributed by atoms with E-state index in [1.165, 1.54) is 63.7 Å². The molecule has 4 rings (SSSR count). The van der Waals surface area contributed by atoms with Crippen LogP contribution in [-0.4, -0.2) is 27.9 Å². The first kappa shape index (κ1) is 23.7. The number of carbonyl (C=O) groups is 1. The minimum absolute atomic E-state index is 0.0926. The quantitative estimate of drug-likeness (QED) is 0.427. The molecule has 3 saturated carbocycles. The van der Waals surface area contributed by atoms with Gasteiger partial charge in [0.15, 0.2) is 0 Å². The van der Waals surface area contributed by atoms with Gasteiger partial charge in [-0.1, -0.05) is 18.9 Å². The fourth-order valence-corrected chi connectivity index (χ4v) is 6.65. The largest absolute Gasteiger partial charge is 0.433 e. The fraction of sp³-hybridized carbons (Fsp3) is 0.680. The van der Waals surface area contributed by atoms with Crippen LogP contribution < -0.4 is 5.32 Å². The molecule has 0 saturated heterocycles. The maximum Gasteiger partial charge on any atom is 0.433 e. The number of rotatable bonds is 9. The Morgan fingerprint density at radius 2 is 1.88 bits per heavy atom. The molecule has 7 heteroatoms. The van der Waals surface area contributed by atoms with Gasteiger partial charge in [-0.15, -0.1) is 6.58 Å². The molecule has 1 aromatic rings. The Morgan fingerprint density at radius 3 is 2.47 bits per heavy atom. The summed E-state index contributed by atoms with van der Waals surface area (Å²) in [6.45, 7) is 5.46. The Kier molecular flexibility index (Phi) is 7.23. The van der Waals surface area contributed by atoms with Crippen molar-refractivity contribution in [1.82, 2.24) is 10.3 Å². The van der Waals surface area contributed by atoms with Crippen molar-refractivity contribution in [3.05, 3.63) is 41.7 Å². The highest BCUT2D eigenvalue weighted by Crippen LogP contribution is 2.46. The number of hydrogen-bond acceptors (Lipinski definition) is 3. The first-order valence-corrected chi connectivity index (χ1v) is 12.9. The summed E-state index contributed by atoms with van der Waals surface area (Å²) in [7, 11) is 0. The van der Waals surface area contributed by atoms with Crippen LogP contribution in [0.2, 0.25) is 0 Å². The van der Waals surface area contributed by atoms with Gasteiger partial charge in [0.05, 0.1) is 17.3 Å². The van der Waals surface area contributed by atoms with E-state index in [2.05, 4.69) is 28.6 Å². The van der Waals surface area contributed by atoms with Crippen LogP contribution >= 0.6 is 11.8 Å². The Morgan fingerprint density at radius 1 is 1.19 bits per heavy atom. The summed E-state index contributed by atoms with van der Waals surface area (Å²) in [5.74, 6) is 3.55. The fourth-order valence-electron chi connectivity index (χ4n) is 4.97. The van der Waals surface area contributed by atoms with Crippen molar-refractivity contribution < 1.29 is 18.0 Å². The summed E-state index contributed by atoms with van der Waals surface area (Å²) < 4.78 is 38.8. The molecular weight excluding hydrogens is 433 g/mol. The zero-order valence-corrected chi connectivity index (χ0v) is 19.5. The molecule has 1 heterocycles. The number of nitrogens with zero attached hydrogens (tertiary/aromatic N) is 1. The third-order valence-corrected chi connectivity index (χ3v) is 8.86. The molecule has 0 aromatic carbocycles. The van der Waals surface area contributed by atoms with Crippen LogP contribution in [0.1, 0.15) is 73.1 Å². The first-order valence-electron chi connectivity index (χ1n) is 11.8. The lowest BCUT2D eigenvalue weighted by molar-refractivity contribution is -0.141. The topological polar surface area (TPSA) is 42.0 Å². The molecule has 1 aromatic heterocycles. The van der Waals surface area contributed by atoms with Crippen molar-refractivity contribution in [3.63, 3.8) is 0 Å². The van der Waals surface area contributed by atoms with Crippen LogP contribution in [0.5, 0.6) is 0 Å². The minimum atomic E-state index is -4.52. The van der Waals surface area contributed by atoms with E-state index in [0.29, 0.717) is 17.1 Å². The molecule has 4 unspecified atom stereocenters. The highest BCUT2D eigenvalue weighted by Gasteiger charge is 2.39. The van der Waals surface area contributed by atoms with E-state index in [1.807, 2.05) is 6.08 Å². The molecule has 3 aliphatic rings. The van der Waals surface area contributed by atoms with E-state index >= 15 is 0 Å². The molecule has 0 aliphatic heterocycles. The number of carbonyl (C=O) groups excluding carboxylic acids is 1. The lowest BCUT2D eigenvalue weighted by Gasteiger charge is -2.40. The van der Waals surface area contributed by atoms with Crippen LogP contribution in [0, 0.1) is 30.6 Å². The van der Waals surface area contributed by atoms with Gasteiger partial charge >= 0.3 is 6.18 Å².